The fraction of sp³-hybridized carbons (Fsp3) is 0.333. The van der Waals surface area contributed by atoms with Crippen molar-refractivity contribution in [3.63, 3.8) is 0 Å². The number of carbonyl (C=O) groups is 2. The van der Waals surface area contributed by atoms with Gasteiger partial charge in [-0.25, -0.2) is 4.79 Å². The molecule has 5 rings (SSSR count). The highest BCUT2D eigenvalue weighted by Gasteiger charge is 2.34. The molecule has 28 heavy (non-hydrogen) atoms. The maximum absolute atomic E-state index is 12.9. The summed E-state index contributed by atoms with van der Waals surface area (Å²) >= 11 is 0. The van der Waals surface area contributed by atoms with Crippen molar-refractivity contribution in [2.45, 2.75) is 6.42 Å². The number of hydrogen-bond acceptors (Lipinski definition) is 4. The van der Waals surface area contributed by atoms with Crippen molar-refractivity contribution < 1.29 is 19.1 Å². The molecular formula is C21H21N3O4. The molecule has 3 amide bonds. The molecule has 0 N–H and O–H groups in total. The molecule has 0 aromatic heterocycles. The summed E-state index contributed by atoms with van der Waals surface area (Å²) in [6, 6.07) is 13.3. The average molecular weight is 379 g/mol. The molecule has 0 atom stereocenters. The van der Waals surface area contributed by atoms with Crippen molar-refractivity contribution in [3.8, 4) is 11.5 Å². The molecule has 7 heteroatoms. The van der Waals surface area contributed by atoms with E-state index in [-0.39, 0.29) is 18.5 Å². The van der Waals surface area contributed by atoms with Crippen LogP contribution in [-0.4, -0.2) is 56.2 Å². The van der Waals surface area contributed by atoms with Crippen molar-refractivity contribution in [2.75, 3.05) is 49.2 Å². The average Bonchev–Trinajstić information content (AvgIpc) is 3.32. The van der Waals surface area contributed by atoms with Crippen molar-refractivity contribution >= 4 is 23.3 Å². The van der Waals surface area contributed by atoms with Gasteiger partial charge >= 0.3 is 6.03 Å². The molecule has 2 aromatic rings. The van der Waals surface area contributed by atoms with Crippen molar-refractivity contribution in [1.29, 1.82) is 0 Å². The first-order valence-corrected chi connectivity index (χ1v) is 9.55. The van der Waals surface area contributed by atoms with Gasteiger partial charge in [0.2, 0.25) is 5.91 Å². The molecule has 0 radical (unpaired) electrons. The second-order valence-corrected chi connectivity index (χ2v) is 7.11. The third-order valence-electron chi connectivity index (χ3n) is 5.45. The monoisotopic (exact) mass is 379 g/mol. The van der Waals surface area contributed by atoms with Crippen LogP contribution in [-0.2, 0) is 11.2 Å². The fourth-order valence-corrected chi connectivity index (χ4v) is 4.01. The first-order valence-electron chi connectivity index (χ1n) is 9.55. The number of para-hydroxylation sites is 1. The summed E-state index contributed by atoms with van der Waals surface area (Å²) in [5.41, 5.74) is 2.90. The van der Waals surface area contributed by atoms with E-state index in [0.717, 1.165) is 17.8 Å². The summed E-state index contributed by atoms with van der Waals surface area (Å²) in [6.07, 6.45) is 0.860. The number of amides is 3. The first kappa shape index (κ1) is 16.9. The Morgan fingerprint density at radius 2 is 1.79 bits per heavy atom. The van der Waals surface area contributed by atoms with E-state index in [1.807, 2.05) is 42.5 Å². The van der Waals surface area contributed by atoms with E-state index in [4.69, 9.17) is 9.47 Å². The smallest absolute Gasteiger partial charge is 0.325 e. The topological polar surface area (TPSA) is 62.3 Å². The van der Waals surface area contributed by atoms with E-state index in [0.29, 0.717) is 44.3 Å². The van der Waals surface area contributed by atoms with Gasteiger partial charge in [0.05, 0.1) is 0 Å². The van der Waals surface area contributed by atoms with Gasteiger partial charge in [-0.1, -0.05) is 18.2 Å². The summed E-state index contributed by atoms with van der Waals surface area (Å²) in [5, 5.41) is 0. The Morgan fingerprint density at radius 3 is 2.68 bits per heavy atom. The summed E-state index contributed by atoms with van der Waals surface area (Å²) < 4.78 is 11.2. The molecule has 0 saturated carbocycles. The number of ether oxygens (including phenoxy) is 2. The zero-order valence-corrected chi connectivity index (χ0v) is 15.5. The highest BCUT2D eigenvalue weighted by molar-refractivity contribution is 6.01. The Balaban J connectivity index is 1.28. The molecule has 3 aliphatic rings. The van der Waals surface area contributed by atoms with E-state index < -0.39 is 0 Å². The molecule has 1 fully saturated rings. The van der Waals surface area contributed by atoms with Crippen molar-refractivity contribution in [3.05, 3.63) is 48.0 Å². The number of carbonyl (C=O) groups excluding carboxylic acids is 2. The predicted octanol–water partition coefficient (Wildman–Crippen LogP) is 2.29. The van der Waals surface area contributed by atoms with Crippen molar-refractivity contribution in [2.24, 2.45) is 0 Å². The van der Waals surface area contributed by atoms with Crippen LogP contribution in [0, 0.1) is 0 Å². The zero-order chi connectivity index (χ0) is 19.1. The minimum Gasteiger partial charge on any atom is -0.486 e. The Hall–Kier alpha value is -3.22. The van der Waals surface area contributed by atoms with Crippen molar-refractivity contribution in [1.82, 2.24) is 4.90 Å². The fourth-order valence-electron chi connectivity index (χ4n) is 4.01. The highest BCUT2D eigenvalue weighted by Crippen LogP contribution is 2.35. The molecular weight excluding hydrogens is 358 g/mol. The Bertz CT molecular complexity index is 945. The maximum atomic E-state index is 12.9. The molecule has 3 heterocycles. The van der Waals surface area contributed by atoms with Crippen LogP contribution < -0.4 is 19.3 Å². The van der Waals surface area contributed by atoms with Gasteiger partial charge in [-0.15, -0.1) is 0 Å². The van der Waals surface area contributed by atoms with Crippen LogP contribution >= 0.6 is 0 Å². The first-order chi connectivity index (χ1) is 13.7. The number of fused-ring (bicyclic) bond motifs is 2. The van der Waals surface area contributed by atoms with Gasteiger partial charge in [0.15, 0.2) is 11.5 Å². The number of nitrogens with zero attached hydrogens (tertiary/aromatic N) is 3. The van der Waals surface area contributed by atoms with Crippen LogP contribution in [0.4, 0.5) is 16.2 Å². The SMILES string of the molecule is O=C1N(CC(=O)N2CCc3ccccc32)CCN1c1ccc2c(c1)OCCO2. The van der Waals surface area contributed by atoms with Gasteiger partial charge in [-0.05, 0) is 30.2 Å². The summed E-state index contributed by atoms with van der Waals surface area (Å²) in [4.78, 5) is 30.8. The van der Waals surface area contributed by atoms with Crippen LogP contribution in [0.3, 0.4) is 0 Å². The van der Waals surface area contributed by atoms with E-state index in [1.165, 1.54) is 5.56 Å². The molecule has 3 aliphatic heterocycles. The Morgan fingerprint density at radius 1 is 0.964 bits per heavy atom. The normalized spacial score (nSPS) is 17.9. The molecule has 0 bridgehead atoms. The van der Waals surface area contributed by atoms with Gasteiger partial charge in [0.25, 0.3) is 0 Å². The van der Waals surface area contributed by atoms with Gasteiger partial charge in [0, 0.05) is 37.1 Å². The minimum atomic E-state index is -0.155. The molecule has 1 saturated heterocycles. The highest BCUT2D eigenvalue weighted by atomic mass is 16.6. The van der Waals surface area contributed by atoms with Gasteiger partial charge < -0.3 is 19.3 Å². The molecule has 2 aromatic carbocycles. The number of urea groups is 1. The summed E-state index contributed by atoms with van der Waals surface area (Å²) in [7, 11) is 0. The Labute approximate surface area is 163 Å². The number of hydrogen-bond donors (Lipinski definition) is 0. The van der Waals surface area contributed by atoms with Gasteiger partial charge in [-0.2, -0.15) is 0 Å². The zero-order valence-electron chi connectivity index (χ0n) is 15.5. The van der Waals surface area contributed by atoms with Crippen LogP contribution in [0.1, 0.15) is 5.56 Å². The van der Waals surface area contributed by atoms with E-state index >= 15 is 0 Å². The van der Waals surface area contributed by atoms with E-state index in [9.17, 15) is 9.59 Å². The molecule has 0 unspecified atom stereocenters. The van der Waals surface area contributed by atoms with Crippen LogP contribution in [0.15, 0.2) is 42.5 Å². The second-order valence-electron chi connectivity index (χ2n) is 7.11. The lowest BCUT2D eigenvalue weighted by Crippen LogP contribution is -2.41. The lowest BCUT2D eigenvalue weighted by atomic mass is 10.2. The predicted molar refractivity (Wildman–Crippen MR) is 104 cm³/mol. The van der Waals surface area contributed by atoms with Crippen LogP contribution in [0.2, 0.25) is 0 Å². The molecule has 0 spiro atoms. The second kappa shape index (κ2) is 6.74. The largest absolute Gasteiger partial charge is 0.486 e. The van der Waals surface area contributed by atoms with Gasteiger partial charge in [0.1, 0.15) is 19.8 Å². The standard InChI is InChI=1S/C21H21N3O4/c25-20(24-8-7-15-3-1-2-4-17(15)24)14-22-9-10-23(21(22)26)16-5-6-18-19(13-16)28-12-11-27-18/h1-6,13H,7-12,14H2. The number of anilines is 2. The van der Waals surface area contributed by atoms with Crippen LogP contribution in [0.25, 0.3) is 0 Å². The Kier molecular flexibility index (Phi) is 4.07. The third kappa shape index (κ3) is 2.83. The van der Waals surface area contributed by atoms with E-state index in [1.54, 1.807) is 14.7 Å². The molecule has 144 valence electrons. The minimum absolute atomic E-state index is 0.0395. The maximum Gasteiger partial charge on any atom is 0.325 e. The summed E-state index contributed by atoms with van der Waals surface area (Å²) in [6.45, 7) is 2.87. The lowest BCUT2D eigenvalue weighted by Gasteiger charge is -2.23. The summed E-state index contributed by atoms with van der Waals surface area (Å²) in [5.74, 6) is 1.31. The quantitative estimate of drug-likeness (QED) is 0.821. The lowest BCUT2D eigenvalue weighted by molar-refractivity contribution is -0.118. The molecule has 7 nitrogen and oxygen atoms in total. The molecule has 0 aliphatic carbocycles. The number of rotatable bonds is 3. The third-order valence-corrected chi connectivity index (χ3v) is 5.45. The van der Waals surface area contributed by atoms with Crippen LogP contribution in [0.5, 0.6) is 11.5 Å². The van der Waals surface area contributed by atoms with E-state index in [2.05, 4.69) is 0 Å². The van der Waals surface area contributed by atoms with Gasteiger partial charge in [-0.3, -0.25) is 9.69 Å². The number of benzene rings is 2.